The van der Waals surface area contributed by atoms with Crippen LogP contribution in [0.5, 0.6) is 0 Å². The molecule has 0 bridgehead atoms. The van der Waals surface area contributed by atoms with Crippen molar-refractivity contribution in [3.8, 4) is 0 Å². The zero-order valence-corrected chi connectivity index (χ0v) is 12.6. The van der Waals surface area contributed by atoms with Gasteiger partial charge in [0.05, 0.1) is 12.6 Å². The molecule has 1 aliphatic heterocycles. The van der Waals surface area contributed by atoms with E-state index in [4.69, 9.17) is 9.84 Å². The van der Waals surface area contributed by atoms with Gasteiger partial charge in [-0.15, -0.1) is 0 Å². The molecule has 6 heteroatoms. The van der Waals surface area contributed by atoms with Crippen molar-refractivity contribution in [3.63, 3.8) is 0 Å². The number of amides is 1. The Morgan fingerprint density at radius 2 is 1.91 bits per heavy atom. The molecule has 1 fully saturated rings. The largest absolute Gasteiger partial charge is 0.480 e. The quantitative estimate of drug-likeness (QED) is 0.892. The van der Waals surface area contributed by atoms with Gasteiger partial charge in [0.25, 0.3) is 0 Å². The van der Waals surface area contributed by atoms with Gasteiger partial charge in [0.15, 0.2) is 0 Å². The van der Waals surface area contributed by atoms with Crippen LogP contribution in [0.25, 0.3) is 0 Å². The molecule has 22 heavy (non-hydrogen) atoms. The second-order valence-corrected chi connectivity index (χ2v) is 4.78. The van der Waals surface area contributed by atoms with E-state index in [1.807, 2.05) is 30.3 Å². The number of carboxylic acid groups (broad SMARTS) is 1. The number of aliphatic hydroxyl groups excluding tert-OH is 1. The Morgan fingerprint density at radius 3 is 2.50 bits per heavy atom. The fourth-order valence-electron chi connectivity index (χ4n) is 2.21. The molecule has 0 aliphatic carbocycles. The lowest BCUT2D eigenvalue weighted by atomic mass is 10.0. The third-order valence-electron chi connectivity index (χ3n) is 3.28. The third kappa shape index (κ3) is 5.04. The lowest BCUT2D eigenvalue weighted by molar-refractivity contribution is -0.145. The lowest BCUT2D eigenvalue weighted by Gasteiger charge is -2.34. The van der Waals surface area contributed by atoms with Crippen LogP contribution in [0.1, 0.15) is 25.3 Å². The molecule has 2 N–H and O–H groups in total. The summed E-state index contributed by atoms with van der Waals surface area (Å²) < 4.78 is 5.11. The third-order valence-corrected chi connectivity index (χ3v) is 3.28. The molecule has 1 heterocycles. The number of nitrogens with zero attached hydrogens (tertiary/aromatic N) is 1. The van der Waals surface area contributed by atoms with Gasteiger partial charge in [-0.2, -0.15) is 0 Å². The number of aliphatic carboxylic acids is 1. The average Bonchev–Trinajstić information content (AvgIpc) is 2.55. The second kappa shape index (κ2) is 9.04. The number of carbonyl (C=O) groups excluding carboxylic acids is 1. The molecule has 1 aromatic carbocycles. The summed E-state index contributed by atoms with van der Waals surface area (Å²) in [6.07, 6.45) is -0.800. The number of carbonyl (C=O) groups is 2. The first-order valence-corrected chi connectivity index (χ1v) is 7.17. The lowest BCUT2D eigenvalue weighted by Crippen LogP contribution is -2.52. The van der Waals surface area contributed by atoms with E-state index in [2.05, 4.69) is 6.92 Å². The van der Waals surface area contributed by atoms with Gasteiger partial charge in [0.2, 0.25) is 0 Å². The maximum atomic E-state index is 12.0. The molecule has 0 spiro atoms. The smallest absolute Gasteiger partial charge is 0.410 e. The monoisotopic (exact) mass is 308 g/mol. The highest BCUT2D eigenvalue weighted by atomic mass is 16.6. The van der Waals surface area contributed by atoms with Gasteiger partial charge in [-0.1, -0.05) is 44.2 Å². The number of rotatable bonds is 3. The molecule has 0 saturated carbocycles. The fraction of sp³-hybridized carbons (Fsp3) is 0.438. The van der Waals surface area contributed by atoms with Crippen LogP contribution in [-0.2, 0) is 16.1 Å². The Kier molecular flexibility index (Phi) is 7.39. The molecule has 2 rings (SSSR count). The van der Waals surface area contributed by atoms with E-state index < -0.39 is 24.2 Å². The number of likely N-dealkylation sites (tertiary alicyclic amines) is 1. The number of hydrogen-bond donors (Lipinski definition) is 2. The highest BCUT2D eigenvalue weighted by molar-refractivity contribution is 5.80. The summed E-state index contributed by atoms with van der Waals surface area (Å²) in [6, 6.07) is 8.20. The Bertz CT molecular complexity index is 477. The minimum Gasteiger partial charge on any atom is -0.480 e. The second-order valence-electron chi connectivity index (χ2n) is 4.78. The van der Waals surface area contributed by atoms with Crippen LogP contribution < -0.4 is 0 Å². The summed E-state index contributed by atoms with van der Waals surface area (Å²) in [5.74, 6) is -1.08. The SMILES string of the molecule is O=C(O)[C@@H]1CC[C@H](O)CN1C(=O)OCc1ccccc1.[CH2]C. The minimum absolute atomic E-state index is 0.00934. The van der Waals surface area contributed by atoms with Gasteiger partial charge in [-0.05, 0) is 18.4 Å². The number of piperidine rings is 1. The number of ether oxygens (including phenoxy) is 1. The van der Waals surface area contributed by atoms with Crippen molar-refractivity contribution in [2.45, 2.75) is 38.5 Å². The van der Waals surface area contributed by atoms with Gasteiger partial charge < -0.3 is 14.9 Å². The Labute approximate surface area is 130 Å². The van der Waals surface area contributed by atoms with Crippen LogP contribution in [-0.4, -0.2) is 45.9 Å². The van der Waals surface area contributed by atoms with Crippen LogP contribution in [0.15, 0.2) is 30.3 Å². The first-order valence-electron chi connectivity index (χ1n) is 7.17. The highest BCUT2D eigenvalue weighted by Crippen LogP contribution is 2.19. The number of benzene rings is 1. The zero-order valence-electron chi connectivity index (χ0n) is 12.6. The van der Waals surface area contributed by atoms with Crippen molar-refractivity contribution in [1.29, 1.82) is 0 Å². The van der Waals surface area contributed by atoms with Gasteiger partial charge >= 0.3 is 12.1 Å². The highest BCUT2D eigenvalue weighted by Gasteiger charge is 2.36. The summed E-state index contributed by atoms with van der Waals surface area (Å²) in [7, 11) is 0. The van der Waals surface area contributed by atoms with Crippen LogP contribution >= 0.6 is 0 Å². The van der Waals surface area contributed by atoms with Crippen molar-refractivity contribution in [2.75, 3.05) is 6.54 Å². The van der Waals surface area contributed by atoms with Crippen molar-refractivity contribution in [3.05, 3.63) is 42.8 Å². The molecule has 0 unspecified atom stereocenters. The molecule has 1 aromatic rings. The maximum Gasteiger partial charge on any atom is 0.410 e. The van der Waals surface area contributed by atoms with E-state index in [0.29, 0.717) is 6.42 Å². The summed E-state index contributed by atoms with van der Waals surface area (Å²) in [4.78, 5) is 24.2. The zero-order chi connectivity index (χ0) is 16.5. The van der Waals surface area contributed by atoms with Crippen molar-refractivity contribution < 1.29 is 24.5 Å². The van der Waals surface area contributed by atoms with E-state index in [0.717, 1.165) is 10.5 Å². The van der Waals surface area contributed by atoms with Crippen molar-refractivity contribution in [2.24, 2.45) is 0 Å². The van der Waals surface area contributed by atoms with Crippen LogP contribution in [0.2, 0.25) is 0 Å². The summed E-state index contributed by atoms with van der Waals surface area (Å²) >= 11 is 0. The molecule has 2 atom stereocenters. The summed E-state index contributed by atoms with van der Waals surface area (Å²) in [5, 5.41) is 18.7. The van der Waals surface area contributed by atoms with E-state index in [1.54, 1.807) is 6.92 Å². The van der Waals surface area contributed by atoms with Gasteiger partial charge in [-0.3, -0.25) is 4.90 Å². The van der Waals surface area contributed by atoms with Crippen LogP contribution in [0.4, 0.5) is 4.79 Å². The van der Waals surface area contributed by atoms with Crippen molar-refractivity contribution in [1.82, 2.24) is 4.90 Å². The molecule has 1 radical (unpaired) electrons. The summed E-state index contributed by atoms with van der Waals surface area (Å²) in [5.41, 5.74) is 0.824. The van der Waals surface area contributed by atoms with E-state index in [1.165, 1.54) is 0 Å². The Morgan fingerprint density at radius 1 is 1.27 bits per heavy atom. The van der Waals surface area contributed by atoms with Crippen LogP contribution in [0, 0.1) is 6.92 Å². The number of β-amino-alcohol motifs (C(OH)–C–C–N with tert-alkyl or cyclic N) is 1. The normalized spacial score (nSPS) is 20.6. The number of aliphatic hydroxyl groups is 1. The minimum atomic E-state index is -1.08. The first-order chi connectivity index (χ1) is 10.6. The van der Waals surface area contributed by atoms with Crippen molar-refractivity contribution >= 4 is 12.1 Å². The number of hydrogen-bond acceptors (Lipinski definition) is 4. The van der Waals surface area contributed by atoms with Gasteiger partial charge in [0, 0.05) is 0 Å². The standard InChI is InChI=1S/C14H17NO5.C2H5/c16-11-6-7-12(13(17)18)15(8-11)14(19)20-9-10-4-2-1-3-5-10;1-2/h1-5,11-12,16H,6-9H2,(H,17,18);1H2,2H3/t11-,12-;/m0./s1. The molecular formula is C16H22NO5. The molecule has 1 amide bonds. The molecule has 121 valence electrons. The van der Waals surface area contributed by atoms with E-state index in [-0.39, 0.29) is 19.6 Å². The predicted molar refractivity (Wildman–Crippen MR) is 81.0 cm³/mol. The van der Waals surface area contributed by atoms with E-state index in [9.17, 15) is 14.7 Å². The Hall–Kier alpha value is -2.08. The summed E-state index contributed by atoms with van der Waals surface area (Å²) in [6.45, 7) is 5.07. The molecule has 6 nitrogen and oxygen atoms in total. The predicted octanol–water partition coefficient (Wildman–Crippen LogP) is 2.07. The topological polar surface area (TPSA) is 87.1 Å². The van der Waals surface area contributed by atoms with Gasteiger partial charge in [-0.25, -0.2) is 9.59 Å². The molecule has 0 aromatic heterocycles. The fourth-order valence-corrected chi connectivity index (χ4v) is 2.21. The maximum absolute atomic E-state index is 12.0. The Balaban J connectivity index is 0.00000116. The first kappa shape index (κ1) is 18.0. The number of carboxylic acids is 1. The molecular weight excluding hydrogens is 286 g/mol. The van der Waals surface area contributed by atoms with Crippen LogP contribution in [0.3, 0.4) is 0 Å². The van der Waals surface area contributed by atoms with E-state index >= 15 is 0 Å². The average molecular weight is 308 g/mol. The molecule has 1 aliphatic rings. The molecule has 1 saturated heterocycles. The van der Waals surface area contributed by atoms with Gasteiger partial charge in [0.1, 0.15) is 12.6 Å².